The molecule has 110 valence electrons. The molecule has 2 rings (SSSR count). The quantitative estimate of drug-likeness (QED) is 0.801. The monoisotopic (exact) mass is 288 g/mol. The molecule has 4 nitrogen and oxygen atoms in total. The molecule has 0 unspecified atom stereocenters. The van der Waals surface area contributed by atoms with Crippen molar-refractivity contribution in [1.29, 1.82) is 0 Å². The first kappa shape index (κ1) is 15.6. The average Bonchev–Trinajstić information content (AvgIpc) is 2.40. The molecule has 0 aliphatic heterocycles. The van der Waals surface area contributed by atoms with Crippen LogP contribution >= 0.6 is 0 Å². The summed E-state index contributed by atoms with van der Waals surface area (Å²) < 4.78 is 13.9. The van der Waals surface area contributed by atoms with Crippen LogP contribution in [0.5, 0.6) is 0 Å². The number of halogens is 1. The van der Waals surface area contributed by atoms with Crippen molar-refractivity contribution in [2.45, 2.75) is 20.0 Å². The number of nitrogens with zero attached hydrogens (tertiary/aromatic N) is 2. The maximum absolute atomic E-state index is 13.9. The fraction of sp³-hybridized carbons (Fsp3) is 0.267. The highest BCUT2D eigenvalue weighted by atomic mass is 19.1. The van der Waals surface area contributed by atoms with Gasteiger partial charge in [0.25, 0.3) is 0 Å². The van der Waals surface area contributed by atoms with Crippen molar-refractivity contribution in [1.82, 2.24) is 9.88 Å². The zero-order chi connectivity index (χ0) is 15.4. The van der Waals surface area contributed by atoms with Crippen LogP contribution in [0.25, 0.3) is 0 Å². The molecule has 0 bridgehead atoms. The fourth-order valence-electron chi connectivity index (χ4n) is 2.16. The van der Waals surface area contributed by atoms with Crippen LogP contribution in [0.15, 0.2) is 36.4 Å². The van der Waals surface area contributed by atoms with Gasteiger partial charge in [0.05, 0.1) is 5.69 Å². The normalized spacial score (nSPS) is 11.0. The molecule has 0 saturated heterocycles. The lowest BCUT2D eigenvalue weighted by Crippen LogP contribution is -2.30. The Labute approximate surface area is 124 Å². The van der Waals surface area contributed by atoms with E-state index < -0.39 is 12.9 Å². The van der Waals surface area contributed by atoms with Crippen molar-refractivity contribution < 1.29 is 14.4 Å². The lowest BCUT2D eigenvalue weighted by Gasteiger charge is -2.17. The molecule has 0 aliphatic carbocycles. The van der Waals surface area contributed by atoms with Gasteiger partial charge in [-0.15, -0.1) is 0 Å². The van der Waals surface area contributed by atoms with Gasteiger partial charge in [0.15, 0.2) is 0 Å². The van der Waals surface area contributed by atoms with Gasteiger partial charge in [0, 0.05) is 24.3 Å². The Hall–Kier alpha value is -1.76. The summed E-state index contributed by atoms with van der Waals surface area (Å²) in [5.74, 6) is -0.440. The van der Waals surface area contributed by atoms with Crippen LogP contribution in [0, 0.1) is 12.7 Å². The number of pyridine rings is 1. The van der Waals surface area contributed by atoms with Gasteiger partial charge in [0.1, 0.15) is 5.82 Å². The first-order chi connectivity index (χ1) is 9.95. The highest BCUT2D eigenvalue weighted by molar-refractivity contribution is 6.58. The van der Waals surface area contributed by atoms with Crippen molar-refractivity contribution in [3.8, 4) is 0 Å². The van der Waals surface area contributed by atoms with E-state index in [1.165, 1.54) is 6.07 Å². The number of aryl methyl sites for hydroxylation is 1. The Morgan fingerprint density at radius 3 is 2.57 bits per heavy atom. The second kappa shape index (κ2) is 6.80. The summed E-state index contributed by atoms with van der Waals surface area (Å²) in [6.07, 6.45) is 0. The van der Waals surface area contributed by atoms with Gasteiger partial charge >= 0.3 is 7.12 Å². The predicted molar refractivity (Wildman–Crippen MR) is 80.4 cm³/mol. The van der Waals surface area contributed by atoms with E-state index in [0.29, 0.717) is 18.7 Å². The molecule has 1 aromatic heterocycles. The highest BCUT2D eigenvalue weighted by Gasteiger charge is 2.14. The molecular weight excluding hydrogens is 270 g/mol. The van der Waals surface area contributed by atoms with Crippen molar-refractivity contribution in [3.05, 3.63) is 59.2 Å². The van der Waals surface area contributed by atoms with Crippen molar-refractivity contribution >= 4 is 12.6 Å². The first-order valence-electron chi connectivity index (χ1n) is 6.71. The summed E-state index contributed by atoms with van der Waals surface area (Å²) in [5.41, 5.74) is 2.54. The van der Waals surface area contributed by atoms with Gasteiger partial charge in [-0.05, 0) is 37.6 Å². The standard InChI is InChI=1S/C15H18BFN2O2/c1-11-4-3-5-14(18-11)10-19(2)9-12-6-7-13(16(20)21)8-15(12)17/h3-8,20-21H,9-10H2,1-2H3. The number of rotatable bonds is 5. The summed E-state index contributed by atoms with van der Waals surface area (Å²) in [7, 11) is 0.237. The van der Waals surface area contributed by atoms with Gasteiger partial charge in [-0.25, -0.2) is 4.39 Å². The van der Waals surface area contributed by atoms with Crippen molar-refractivity contribution in [2.75, 3.05) is 7.05 Å². The summed E-state index contributed by atoms with van der Waals surface area (Å²) in [4.78, 5) is 6.37. The van der Waals surface area contributed by atoms with Crippen LogP contribution < -0.4 is 5.46 Å². The van der Waals surface area contributed by atoms with Crippen LogP contribution in [0.3, 0.4) is 0 Å². The fourth-order valence-corrected chi connectivity index (χ4v) is 2.16. The molecule has 1 heterocycles. The highest BCUT2D eigenvalue weighted by Crippen LogP contribution is 2.10. The van der Waals surface area contributed by atoms with Crippen LogP contribution in [0.2, 0.25) is 0 Å². The van der Waals surface area contributed by atoms with Crippen molar-refractivity contribution in [2.24, 2.45) is 0 Å². The molecule has 21 heavy (non-hydrogen) atoms. The number of benzene rings is 1. The van der Waals surface area contributed by atoms with Crippen LogP contribution in [0.1, 0.15) is 17.0 Å². The SMILES string of the molecule is Cc1cccc(CN(C)Cc2ccc(B(O)O)cc2F)n1. The molecule has 6 heteroatoms. The van der Waals surface area contributed by atoms with Gasteiger partial charge in [-0.3, -0.25) is 9.88 Å². The van der Waals surface area contributed by atoms with E-state index in [9.17, 15) is 4.39 Å². The summed E-state index contributed by atoms with van der Waals surface area (Å²) >= 11 is 0. The second-order valence-electron chi connectivity index (χ2n) is 5.17. The van der Waals surface area contributed by atoms with E-state index in [-0.39, 0.29) is 5.46 Å². The molecule has 1 aromatic carbocycles. The molecule has 0 amide bonds. The molecule has 0 aliphatic rings. The van der Waals surface area contributed by atoms with Gasteiger partial charge in [-0.1, -0.05) is 18.2 Å². The van der Waals surface area contributed by atoms with E-state index in [2.05, 4.69) is 4.98 Å². The van der Waals surface area contributed by atoms with Crippen molar-refractivity contribution in [3.63, 3.8) is 0 Å². The summed E-state index contributed by atoms with van der Waals surface area (Å²) in [6, 6.07) is 10.1. The topological polar surface area (TPSA) is 56.6 Å². The minimum absolute atomic E-state index is 0.152. The number of aromatic nitrogens is 1. The second-order valence-corrected chi connectivity index (χ2v) is 5.17. The zero-order valence-corrected chi connectivity index (χ0v) is 12.1. The molecule has 0 spiro atoms. The molecule has 0 atom stereocenters. The third-order valence-corrected chi connectivity index (χ3v) is 3.19. The minimum Gasteiger partial charge on any atom is -0.423 e. The third kappa shape index (κ3) is 4.36. The Morgan fingerprint density at radius 1 is 1.19 bits per heavy atom. The zero-order valence-electron chi connectivity index (χ0n) is 12.1. The van der Waals surface area contributed by atoms with Crippen LogP contribution in [0.4, 0.5) is 4.39 Å². The Morgan fingerprint density at radius 2 is 1.95 bits per heavy atom. The third-order valence-electron chi connectivity index (χ3n) is 3.19. The van der Waals surface area contributed by atoms with E-state index in [1.807, 2.05) is 37.1 Å². The molecule has 0 fully saturated rings. The Kier molecular flexibility index (Phi) is 5.06. The van der Waals surface area contributed by atoms with Gasteiger partial charge in [0.2, 0.25) is 0 Å². The lowest BCUT2D eigenvalue weighted by atomic mass is 9.80. The number of hydrogen-bond donors (Lipinski definition) is 2. The van der Waals surface area contributed by atoms with Crippen LogP contribution in [-0.2, 0) is 13.1 Å². The van der Waals surface area contributed by atoms with E-state index in [0.717, 1.165) is 17.5 Å². The average molecular weight is 288 g/mol. The molecular formula is C15H18BFN2O2. The van der Waals surface area contributed by atoms with E-state index in [4.69, 9.17) is 10.0 Å². The largest absolute Gasteiger partial charge is 0.488 e. The van der Waals surface area contributed by atoms with Gasteiger partial charge in [-0.2, -0.15) is 0 Å². The predicted octanol–water partition coefficient (Wildman–Crippen LogP) is 0.841. The first-order valence-corrected chi connectivity index (χ1v) is 6.71. The molecule has 2 N–H and O–H groups in total. The summed E-state index contributed by atoms with van der Waals surface area (Å²) in [6.45, 7) is 2.97. The Bertz CT molecular complexity index is 622. The minimum atomic E-state index is -1.65. The number of hydrogen-bond acceptors (Lipinski definition) is 4. The summed E-state index contributed by atoms with van der Waals surface area (Å²) in [5, 5.41) is 18.0. The van der Waals surface area contributed by atoms with Gasteiger partial charge < -0.3 is 10.0 Å². The molecule has 0 saturated carbocycles. The van der Waals surface area contributed by atoms with E-state index in [1.54, 1.807) is 6.07 Å². The maximum Gasteiger partial charge on any atom is 0.488 e. The maximum atomic E-state index is 13.9. The smallest absolute Gasteiger partial charge is 0.423 e. The Balaban J connectivity index is 2.04. The molecule has 2 aromatic rings. The van der Waals surface area contributed by atoms with E-state index >= 15 is 0 Å². The lowest BCUT2D eigenvalue weighted by molar-refractivity contribution is 0.309. The molecule has 0 radical (unpaired) electrons. The van der Waals surface area contributed by atoms with Crippen LogP contribution in [-0.4, -0.2) is 34.1 Å².